The van der Waals surface area contributed by atoms with E-state index in [1.54, 1.807) is 0 Å². The van der Waals surface area contributed by atoms with E-state index in [1.807, 2.05) is 17.9 Å². The minimum Gasteiger partial charge on any atom is -0.314 e. The molecular formula is C12H21N3. The topological polar surface area (TPSA) is 29.9 Å². The number of nitrogens with one attached hydrogen (secondary N) is 1. The number of hydrogen-bond acceptors (Lipinski definition) is 2. The standard InChI is InChI=1S/C12H21N3/c1-3-13-12(6-10-4-5-10)7-11-8-14-15(2)9-11/h8-10,12-13H,3-7H2,1-2H3. The van der Waals surface area contributed by atoms with Gasteiger partial charge in [-0.05, 0) is 30.9 Å². The molecule has 0 amide bonds. The van der Waals surface area contributed by atoms with Gasteiger partial charge in [0.2, 0.25) is 0 Å². The molecule has 1 aliphatic rings. The Morgan fingerprint density at radius 3 is 2.93 bits per heavy atom. The molecule has 3 heteroatoms. The van der Waals surface area contributed by atoms with Crippen LogP contribution in [0.15, 0.2) is 12.4 Å². The van der Waals surface area contributed by atoms with Crippen LogP contribution in [-0.4, -0.2) is 22.4 Å². The molecule has 0 radical (unpaired) electrons. The van der Waals surface area contributed by atoms with Gasteiger partial charge in [-0.3, -0.25) is 4.68 Å². The van der Waals surface area contributed by atoms with E-state index in [9.17, 15) is 0 Å². The summed E-state index contributed by atoms with van der Waals surface area (Å²) in [6.07, 6.45) is 9.44. The molecule has 0 bridgehead atoms. The van der Waals surface area contributed by atoms with E-state index in [0.29, 0.717) is 6.04 Å². The SMILES string of the molecule is CCNC(Cc1cnn(C)c1)CC1CC1. The predicted molar refractivity (Wildman–Crippen MR) is 61.7 cm³/mol. The molecule has 1 heterocycles. The van der Waals surface area contributed by atoms with Crippen LogP contribution in [0.2, 0.25) is 0 Å². The molecule has 0 spiro atoms. The number of aryl methyl sites for hydroxylation is 1. The highest BCUT2D eigenvalue weighted by atomic mass is 15.2. The fraction of sp³-hybridized carbons (Fsp3) is 0.750. The second-order valence-electron chi connectivity index (χ2n) is 4.66. The summed E-state index contributed by atoms with van der Waals surface area (Å²) in [6, 6.07) is 0.645. The summed E-state index contributed by atoms with van der Waals surface area (Å²) in [5.74, 6) is 0.991. The third kappa shape index (κ3) is 3.34. The van der Waals surface area contributed by atoms with E-state index in [2.05, 4.69) is 23.5 Å². The molecule has 0 saturated heterocycles. The average molecular weight is 207 g/mol. The molecule has 15 heavy (non-hydrogen) atoms. The number of hydrogen-bond donors (Lipinski definition) is 1. The summed E-state index contributed by atoms with van der Waals surface area (Å²) < 4.78 is 1.88. The van der Waals surface area contributed by atoms with Crippen LogP contribution in [0.1, 0.15) is 31.7 Å². The van der Waals surface area contributed by atoms with E-state index in [-0.39, 0.29) is 0 Å². The summed E-state index contributed by atoms with van der Waals surface area (Å²) >= 11 is 0. The molecule has 1 aromatic rings. The predicted octanol–water partition coefficient (Wildman–Crippen LogP) is 1.74. The van der Waals surface area contributed by atoms with Crippen LogP contribution < -0.4 is 5.32 Å². The van der Waals surface area contributed by atoms with Crippen LogP contribution in [0.3, 0.4) is 0 Å². The van der Waals surface area contributed by atoms with Crippen molar-refractivity contribution in [2.45, 2.75) is 38.6 Å². The number of nitrogens with zero attached hydrogens (tertiary/aromatic N) is 2. The first-order chi connectivity index (χ1) is 7.28. The van der Waals surface area contributed by atoms with E-state index < -0.39 is 0 Å². The molecule has 1 aliphatic carbocycles. The zero-order valence-corrected chi connectivity index (χ0v) is 9.74. The maximum absolute atomic E-state index is 4.21. The molecule has 3 nitrogen and oxygen atoms in total. The lowest BCUT2D eigenvalue weighted by molar-refractivity contribution is 0.466. The first kappa shape index (κ1) is 10.7. The second-order valence-corrected chi connectivity index (χ2v) is 4.66. The Labute approximate surface area is 91.9 Å². The lowest BCUT2D eigenvalue weighted by atomic mass is 10.0. The van der Waals surface area contributed by atoms with E-state index in [1.165, 1.54) is 24.8 Å². The number of likely N-dealkylation sites (N-methyl/N-ethyl adjacent to an activating group) is 1. The zero-order valence-electron chi connectivity index (χ0n) is 9.74. The maximum atomic E-state index is 4.21. The molecule has 0 aliphatic heterocycles. The second kappa shape index (κ2) is 4.79. The lowest BCUT2D eigenvalue weighted by Crippen LogP contribution is -2.31. The Kier molecular flexibility index (Phi) is 3.41. The minimum atomic E-state index is 0.645. The third-order valence-corrected chi connectivity index (χ3v) is 3.05. The quantitative estimate of drug-likeness (QED) is 0.770. The van der Waals surface area contributed by atoms with Crippen LogP contribution in [0, 0.1) is 5.92 Å². The van der Waals surface area contributed by atoms with Crippen LogP contribution in [-0.2, 0) is 13.5 Å². The van der Waals surface area contributed by atoms with Crippen molar-refractivity contribution in [3.63, 3.8) is 0 Å². The van der Waals surface area contributed by atoms with Gasteiger partial charge in [0.15, 0.2) is 0 Å². The van der Waals surface area contributed by atoms with Gasteiger partial charge in [-0.15, -0.1) is 0 Å². The van der Waals surface area contributed by atoms with Gasteiger partial charge in [0.1, 0.15) is 0 Å². The van der Waals surface area contributed by atoms with Crippen LogP contribution in [0.25, 0.3) is 0 Å². The van der Waals surface area contributed by atoms with E-state index >= 15 is 0 Å². The Balaban J connectivity index is 1.86. The van der Waals surface area contributed by atoms with Crippen molar-refractivity contribution in [3.8, 4) is 0 Å². The highest BCUT2D eigenvalue weighted by Gasteiger charge is 2.25. The van der Waals surface area contributed by atoms with Gasteiger partial charge < -0.3 is 5.32 Å². The molecule has 1 N–H and O–H groups in total. The summed E-state index contributed by atoms with van der Waals surface area (Å²) in [5.41, 5.74) is 1.35. The Bertz CT molecular complexity index is 302. The highest BCUT2D eigenvalue weighted by Crippen LogP contribution is 2.34. The van der Waals surface area contributed by atoms with Gasteiger partial charge in [-0.1, -0.05) is 19.8 Å². The first-order valence-corrected chi connectivity index (χ1v) is 5.99. The summed E-state index contributed by atoms with van der Waals surface area (Å²) in [7, 11) is 1.98. The summed E-state index contributed by atoms with van der Waals surface area (Å²) in [4.78, 5) is 0. The molecule has 1 aromatic heterocycles. The lowest BCUT2D eigenvalue weighted by Gasteiger charge is -2.16. The molecular weight excluding hydrogens is 186 g/mol. The van der Waals surface area contributed by atoms with E-state index in [0.717, 1.165) is 18.9 Å². The van der Waals surface area contributed by atoms with Crippen molar-refractivity contribution in [2.75, 3.05) is 6.54 Å². The van der Waals surface area contributed by atoms with Crippen molar-refractivity contribution in [2.24, 2.45) is 13.0 Å². The molecule has 2 rings (SSSR count). The fourth-order valence-corrected chi connectivity index (χ4v) is 2.15. The van der Waals surface area contributed by atoms with Crippen molar-refractivity contribution < 1.29 is 0 Å². The van der Waals surface area contributed by atoms with Crippen molar-refractivity contribution >= 4 is 0 Å². The highest BCUT2D eigenvalue weighted by molar-refractivity contribution is 5.06. The maximum Gasteiger partial charge on any atom is 0.0522 e. The van der Waals surface area contributed by atoms with Gasteiger partial charge in [-0.2, -0.15) is 5.10 Å². The van der Waals surface area contributed by atoms with Gasteiger partial charge in [-0.25, -0.2) is 0 Å². The van der Waals surface area contributed by atoms with Gasteiger partial charge in [0.25, 0.3) is 0 Å². The minimum absolute atomic E-state index is 0.645. The zero-order chi connectivity index (χ0) is 10.7. The van der Waals surface area contributed by atoms with Gasteiger partial charge >= 0.3 is 0 Å². The van der Waals surface area contributed by atoms with Crippen molar-refractivity contribution in [3.05, 3.63) is 18.0 Å². The average Bonchev–Trinajstić information content (AvgIpc) is 2.90. The van der Waals surface area contributed by atoms with Crippen LogP contribution in [0.4, 0.5) is 0 Å². The van der Waals surface area contributed by atoms with Crippen LogP contribution >= 0.6 is 0 Å². The monoisotopic (exact) mass is 207 g/mol. The third-order valence-electron chi connectivity index (χ3n) is 3.05. The van der Waals surface area contributed by atoms with Crippen molar-refractivity contribution in [1.29, 1.82) is 0 Å². The fourth-order valence-electron chi connectivity index (χ4n) is 2.15. The van der Waals surface area contributed by atoms with Crippen molar-refractivity contribution in [1.82, 2.24) is 15.1 Å². The molecule has 84 valence electrons. The normalized spacial score (nSPS) is 18.0. The Morgan fingerprint density at radius 2 is 2.40 bits per heavy atom. The Morgan fingerprint density at radius 1 is 1.60 bits per heavy atom. The van der Waals surface area contributed by atoms with Gasteiger partial charge in [0, 0.05) is 19.3 Å². The molecule has 1 fully saturated rings. The summed E-state index contributed by atoms with van der Waals surface area (Å²) in [5, 5.41) is 7.79. The van der Waals surface area contributed by atoms with Gasteiger partial charge in [0.05, 0.1) is 6.20 Å². The molecule has 1 saturated carbocycles. The van der Waals surface area contributed by atoms with Crippen LogP contribution in [0.5, 0.6) is 0 Å². The summed E-state index contributed by atoms with van der Waals surface area (Å²) in [6.45, 7) is 3.25. The smallest absolute Gasteiger partial charge is 0.0522 e. The molecule has 1 atom stereocenters. The number of aromatic nitrogens is 2. The Hall–Kier alpha value is -0.830. The molecule has 1 unspecified atom stereocenters. The van der Waals surface area contributed by atoms with E-state index in [4.69, 9.17) is 0 Å². The first-order valence-electron chi connectivity index (χ1n) is 5.99. The molecule has 0 aromatic carbocycles. The largest absolute Gasteiger partial charge is 0.314 e. The number of rotatable bonds is 6.